The number of aryl methyl sites for hydroxylation is 2. The van der Waals surface area contributed by atoms with Crippen molar-refractivity contribution in [1.29, 1.82) is 0 Å². The average molecular weight is 391 g/mol. The van der Waals surface area contributed by atoms with Crippen LogP contribution in [-0.4, -0.2) is 25.6 Å². The summed E-state index contributed by atoms with van der Waals surface area (Å²) in [6, 6.07) is 8.07. The molecule has 2 aromatic heterocycles. The van der Waals surface area contributed by atoms with E-state index in [9.17, 15) is 4.79 Å². The molecule has 2 heterocycles. The van der Waals surface area contributed by atoms with Crippen molar-refractivity contribution in [2.24, 2.45) is 24.8 Å². The lowest BCUT2D eigenvalue weighted by molar-refractivity contribution is -0.127. The zero-order valence-electron chi connectivity index (χ0n) is 16.7. The van der Waals surface area contributed by atoms with Crippen molar-refractivity contribution in [3.8, 4) is 11.4 Å². The minimum absolute atomic E-state index is 0.00109. The lowest BCUT2D eigenvalue weighted by atomic mass is 9.78. The number of aromatic nitrogens is 4. The van der Waals surface area contributed by atoms with E-state index in [4.69, 9.17) is 9.51 Å². The summed E-state index contributed by atoms with van der Waals surface area (Å²) in [5, 5.41) is 7.30. The predicted octanol–water partition coefficient (Wildman–Crippen LogP) is 3.22. The van der Waals surface area contributed by atoms with Crippen LogP contribution < -0.4 is 5.32 Å². The Hall–Kier alpha value is -2.96. The highest BCUT2D eigenvalue weighted by Crippen LogP contribution is 2.56. The quantitative estimate of drug-likeness (QED) is 0.722. The van der Waals surface area contributed by atoms with Gasteiger partial charge in [-0.15, -0.1) is 0 Å². The highest BCUT2D eigenvalue weighted by atomic mass is 16.5. The lowest BCUT2D eigenvalue weighted by Gasteiger charge is -2.27. The molecule has 2 aliphatic rings. The van der Waals surface area contributed by atoms with Crippen molar-refractivity contribution in [3.63, 3.8) is 0 Å². The molecule has 4 atom stereocenters. The van der Waals surface area contributed by atoms with E-state index in [1.807, 2.05) is 49.0 Å². The lowest BCUT2D eigenvalue weighted by Crippen LogP contribution is -2.37. The second-order valence-corrected chi connectivity index (χ2v) is 8.38. The molecule has 1 amide bonds. The zero-order valence-corrected chi connectivity index (χ0v) is 16.7. The maximum atomic E-state index is 13.1. The minimum atomic E-state index is -0.111. The molecule has 7 nitrogen and oxygen atoms in total. The molecule has 2 bridgehead atoms. The van der Waals surface area contributed by atoms with Gasteiger partial charge in [0, 0.05) is 25.0 Å². The molecule has 150 valence electrons. The molecule has 5 rings (SSSR count). The van der Waals surface area contributed by atoms with E-state index in [1.54, 1.807) is 6.20 Å². The number of rotatable bonds is 5. The smallest absolute Gasteiger partial charge is 0.231 e. The Bertz CT molecular complexity index is 1040. The van der Waals surface area contributed by atoms with Gasteiger partial charge < -0.3 is 14.4 Å². The number of benzene rings is 1. The maximum absolute atomic E-state index is 13.1. The first-order valence-electron chi connectivity index (χ1n) is 10.2. The van der Waals surface area contributed by atoms with Gasteiger partial charge in [-0.3, -0.25) is 4.79 Å². The minimum Gasteiger partial charge on any atom is -0.349 e. The second kappa shape index (κ2) is 7.13. The second-order valence-electron chi connectivity index (χ2n) is 8.38. The highest BCUT2D eigenvalue weighted by Gasteiger charge is 2.53. The van der Waals surface area contributed by atoms with E-state index >= 15 is 0 Å². The van der Waals surface area contributed by atoms with E-state index in [0.29, 0.717) is 30.1 Å². The summed E-state index contributed by atoms with van der Waals surface area (Å²) >= 11 is 0. The van der Waals surface area contributed by atoms with E-state index in [1.165, 1.54) is 0 Å². The van der Waals surface area contributed by atoms with Crippen molar-refractivity contribution in [1.82, 2.24) is 25.0 Å². The molecule has 7 heteroatoms. The fourth-order valence-electron chi connectivity index (χ4n) is 5.15. The molecular weight excluding hydrogens is 366 g/mol. The molecule has 0 unspecified atom stereocenters. The third-order valence-corrected chi connectivity index (χ3v) is 6.56. The van der Waals surface area contributed by atoms with Gasteiger partial charge in [0.15, 0.2) is 0 Å². The summed E-state index contributed by atoms with van der Waals surface area (Å²) in [6.45, 7) is 2.48. The van der Waals surface area contributed by atoms with Crippen LogP contribution in [-0.2, 0) is 18.4 Å². The summed E-state index contributed by atoms with van der Waals surface area (Å²) in [5.41, 5.74) is 2.10. The van der Waals surface area contributed by atoms with Gasteiger partial charge in [0.1, 0.15) is 5.82 Å². The van der Waals surface area contributed by atoms with Gasteiger partial charge >= 0.3 is 0 Å². The third-order valence-electron chi connectivity index (χ3n) is 6.56. The first kappa shape index (κ1) is 18.1. The fourth-order valence-corrected chi connectivity index (χ4v) is 5.15. The molecule has 2 saturated carbocycles. The summed E-state index contributed by atoms with van der Waals surface area (Å²) in [6.07, 6.45) is 6.91. The molecule has 0 spiro atoms. The number of nitrogens with one attached hydrogen (secondary N) is 1. The topological polar surface area (TPSA) is 85.8 Å². The van der Waals surface area contributed by atoms with E-state index in [2.05, 4.69) is 15.5 Å². The van der Waals surface area contributed by atoms with Gasteiger partial charge in [-0.1, -0.05) is 28.9 Å². The van der Waals surface area contributed by atoms with Crippen molar-refractivity contribution >= 4 is 5.91 Å². The molecule has 0 aliphatic heterocycles. The first-order chi connectivity index (χ1) is 14.1. The van der Waals surface area contributed by atoms with Crippen molar-refractivity contribution in [3.05, 3.63) is 53.9 Å². The molecular formula is C22H25N5O2. The molecule has 3 aromatic rings. The van der Waals surface area contributed by atoms with Crippen LogP contribution in [0.1, 0.15) is 42.5 Å². The number of nitrogens with zero attached hydrogens (tertiary/aromatic N) is 4. The largest absolute Gasteiger partial charge is 0.349 e. The van der Waals surface area contributed by atoms with E-state index < -0.39 is 0 Å². The molecule has 2 fully saturated rings. The van der Waals surface area contributed by atoms with Crippen LogP contribution in [0.5, 0.6) is 0 Å². The number of carbonyl (C=O) groups excluding carboxylic acids is 1. The molecule has 0 radical (unpaired) electrons. The molecule has 2 aliphatic carbocycles. The molecule has 1 N–H and O–H groups in total. The van der Waals surface area contributed by atoms with Crippen LogP contribution in [0, 0.1) is 24.7 Å². The number of imidazole rings is 1. The van der Waals surface area contributed by atoms with Gasteiger partial charge in [0.05, 0.1) is 18.4 Å². The fraction of sp³-hybridized carbons (Fsp3) is 0.455. The Morgan fingerprint density at radius 1 is 1.31 bits per heavy atom. The number of amides is 1. The monoisotopic (exact) mass is 391 g/mol. The standard InChI is InChI=1S/C22H25N5O2/c1-13-4-3-5-16(10-13)20-25-22(29-26-20)19-15-7-6-14(11-15)18(19)21(28)24-12-17-23-8-9-27(17)2/h3-5,8-10,14-15,18-19H,6-7,11-12H2,1-2H3,(H,24,28)/t14-,15+,18-,19-/m0/s1. The summed E-state index contributed by atoms with van der Waals surface area (Å²) in [7, 11) is 1.93. The van der Waals surface area contributed by atoms with Crippen LogP contribution in [0.2, 0.25) is 0 Å². The highest BCUT2D eigenvalue weighted by molar-refractivity contribution is 5.80. The normalized spacial score (nSPS) is 25.4. The van der Waals surface area contributed by atoms with Gasteiger partial charge in [0.2, 0.25) is 17.6 Å². The number of hydrogen-bond acceptors (Lipinski definition) is 5. The predicted molar refractivity (Wildman–Crippen MR) is 107 cm³/mol. The molecule has 29 heavy (non-hydrogen) atoms. The van der Waals surface area contributed by atoms with Crippen LogP contribution in [0.15, 0.2) is 41.2 Å². The number of hydrogen-bond donors (Lipinski definition) is 1. The van der Waals surface area contributed by atoms with Crippen LogP contribution in [0.4, 0.5) is 0 Å². The van der Waals surface area contributed by atoms with Gasteiger partial charge in [0.25, 0.3) is 0 Å². The Labute approximate surface area is 169 Å². The Kier molecular flexibility index (Phi) is 4.45. The van der Waals surface area contributed by atoms with Gasteiger partial charge in [-0.05, 0) is 44.1 Å². The SMILES string of the molecule is Cc1cccc(-c2noc([C@H]3[C@@H]4CC[C@@H](C4)[C@@H]3C(=O)NCc3nccn3C)n2)c1. The molecule has 1 aromatic carbocycles. The third kappa shape index (κ3) is 3.24. The van der Waals surface area contributed by atoms with Crippen LogP contribution in [0.25, 0.3) is 11.4 Å². The van der Waals surface area contributed by atoms with E-state index in [-0.39, 0.29) is 17.7 Å². The Balaban J connectivity index is 1.37. The van der Waals surface area contributed by atoms with Crippen molar-refractivity contribution < 1.29 is 9.32 Å². The van der Waals surface area contributed by atoms with Gasteiger partial charge in [-0.25, -0.2) is 4.98 Å². The van der Waals surface area contributed by atoms with Crippen LogP contribution in [0.3, 0.4) is 0 Å². The van der Waals surface area contributed by atoms with Crippen molar-refractivity contribution in [2.75, 3.05) is 0 Å². The number of carbonyl (C=O) groups is 1. The Morgan fingerprint density at radius 3 is 2.97 bits per heavy atom. The first-order valence-corrected chi connectivity index (χ1v) is 10.2. The van der Waals surface area contributed by atoms with E-state index in [0.717, 1.165) is 36.2 Å². The zero-order chi connectivity index (χ0) is 20.0. The van der Waals surface area contributed by atoms with Crippen molar-refractivity contribution in [2.45, 2.75) is 38.6 Å². The van der Waals surface area contributed by atoms with Gasteiger partial charge in [-0.2, -0.15) is 4.98 Å². The summed E-state index contributed by atoms with van der Waals surface area (Å²) < 4.78 is 7.61. The van der Waals surface area contributed by atoms with Crippen LogP contribution >= 0.6 is 0 Å². The average Bonchev–Trinajstić information content (AvgIpc) is 3.49. The summed E-state index contributed by atoms with van der Waals surface area (Å²) in [4.78, 5) is 22.1. The maximum Gasteiger partial charge on any atom is 0.231 e. The number of fused-ring (bicyclic) bond motifs is 2. The molecule has 0 saturated heterocycles. The Morgan fingerprint density at radius 2 is 2.17 bits per heavy atom. The summed E-state index contributed by atoms with van der Waals surface area (Å²) in [5.74, 6) is 2.83.